The molecule has 0 nitrogen and oxygen atoms in total. The lowest BCUT2D eigenvalue weighted by Gasteiger charge is -2.06. The molecule has 0 aliphatic heterocycles. The highest BCUT2D eigenvalue weighted by molar-refractivity contribution is 4.66. The molecule has 0 amide bonds. The molecule has 2 atom stereocenters. The van der Waals surface area contributed by atoms with Gasteiger partial charge in [0, 0.05) is 0 Å². The van der Waals surface area contributed by atoms with E-state index in [1.807, 2.05) is 0 Å². The van der Waals surface area contributed by atoms with Crippen LogP contribution in [0.3, 0.4) is 0 Å². The van der Waals surface area contributed by atoms with Crippen LogP contribution in [0.2, 0.25) is 0 Å². The molecule has 0 rings (SSSR count). The van der Waals surface area contributed by atoms with E-state index >= 15 is 0 Å². The van der Waals surface area contributed by atoms with Crippen LogP contribution >= 0.6 is 0 Å². The van der Waals surface area contributed by atoms with Gasteiger partial charge in [-0.2, -0.15) is 0 Å². The first kappa shape index (κ1) is 7.86. The quantitative estimate of drug-likeness (QED) is 0.537. The monoisotopic (exact) mass is 121 g/mol. The van der Waals surface area contributed by atoms with Gasteiger partial charge in [0.05, 0.1) is 0 Å². The maximum Gasteiger partial charge on any atom is 0.131 e. The first-order chi connectivity index (χ1) is 3.72. The van der Waals surface area contributed by atoms with Gasteiger partial charge in [0.1, 0.15) is 12.3 Å². The maximum atomic E-state index is 12.1. The zero-order valence-corrected chi connectivity index (χ0v) is 5.03. The summed E-state index contributed by atoms with van der Waals surface area (Å²) >= 11 is 0. The van der Waals surface area contributed by atoms with Crippen LogP contribution in [-0.4, -0.2) is 12.3 Å². The minimum absolute atomic E-state index is 0.0367. The Morgan fingerprint density at radius 1 is 1.38 bits per heavy atom. The summed E-state index contributed by atoms with van der Waals surface area (Å²) < 4.78 is 24.2. The second kappa shape index (κ2) is 3.81. The van der Waals surface area contributed by atoms with Crippen LogP contribution in [-0.2, 0) is 0 Å². The average Bonchev–Trinajstić information content (AvgIpc) is 1.84. The summed E-state index contributed by atoms with van der Waals surface area (Å²) in [5, 5.41) is 0. The summed E-state index contributed by atoms with van der Waals surface area (Å²) in [7, 11) is 0. The molecule has 2 heteroatoms. The van der Waals surface area contributed by atoms with Gasteiger partial charge in [0.25, 0.3) is 0 Å². The zero-order chi connectivity index (χ0) is 6.57. The number of alkyl halides is 2. The number of rotatable bonds is 3. The summed E-state index contributed by atoms with van der Waals surface area (Å²) in [5.74, 6) is 0. The third-order valence-electron chi connectivity index (χ3n) is 1.06. The second-order valence-electron chi connectivity index (χ2n) is 1.73. The Kier molecular flexibility index (Phi) is 3.75. The largest absolute Gasteiger partial charge is 0.244 e. The van der Waals surface area contributed by atoms with Gasteiger partial charge in [0.15, 0.2) is 0 Å². The van der Waals surface area contributed by atoms with Crippen molar-refractivity contribution in [1.82, 2.24) is 0 Å². The summed E-state index contributed by atoms with van der Waals surface area (Å²) in [6.07, 6.45) is -2.39. The van der Waals surface area contributed by atoms with Gasteiger partial charge in [-0.1, -0.05) is 13.8 Å². The van der Waals surface area contributed by atoms with Gasteiger partial charge >= 0.3 is 0 Å². The molecule has 0 aliphatic rings. The van der Waals surface area contributed by atoms with E-state index in [0.717, 1.165) is 0 Å². The van der Waals surface area contributed by atoms with Crippen LogP contribution in [0.1, 0.15) is 19.8 Å². The average molecular weight is 121 g/mol. The normalized spacial score (nSPS) is 18.0. The van der Waals surface area contributed by atoms with Gasteiger partial charge in [-0.15, -0.1) is 0 Å². The third kappa shape index (κ3) is 2.24. The van der Waals surface area contributed by atoms with Crippen LogP contribution in [0.5, 0.6) is 0 Å². The fraction of sp³-hybridized carbons (Fsp3) is 0.833. The molecule has 0 bridgehead atoms. The number of hydrogen-bond acceptors (Lipinski definition) is 0. The zero-order valence-electron chi connectivity index (χ0n) is 5.03. The summed E-state index contributed by atoms with van der Waals surface area (Å²) in [6, 6.07) is 0. The first-order valence-electron chi connectivity index (χ1n) is 2.79. The van der Waals surface area contributed by atoms with Crippen LogP contribution in [0.15, 0.2) is 0 Å². The van der Waals surface area contributed by atoms with Gasteiger partial charge in [-0.3, -0.25) is 0 Å². The van der Waals surface area contributed by atoms with Gasteiger partial charge < -0.3 is 0 Å². The van der Waals surface area contributed by atoms with Crippen molar-refractivity contribution in [3.63, 3.8) is 0 Å². The van der Waals surface area contributed by atoms with Crippen molar-refractivity contribution < 1.29 is 8.78 Å². The molecule has 1 radical (unpaired) electrons. The summed E-state index contributed by atoms with van der Waals surface area (Å²) in [4.78, 5) is 0. The van der Waals surface area contributed by atoms with Gasteiger partial charge in [-0.05, 0) is 12.8 Å². The van der Waals surface area contributed by atoms with Crippen LogP contribution in [0.4, 0.5) is 8.78 Å². The lowest BCUT2D eigenvalue weighted by atomic mass is 10.1. The van der Waals surface area contributed by atoms with E-state index in [1.165, 1.54) is 0 Å². The number of hydrogen-bond donors (Lipinski definition) is 0. The van der Waals surface area contributed by atoms with Gasteiger partial charge in [-0.25, -0.2) is 8.78 Å². The van der Waals surface area contributed by atoms with Crippen molar-refractivity contribution in [3.05, 3.63) is 6.92 Å². The highest BCUT2D eigenvalue weighted by Gasteiger charge is 2.14. The fourth-order valence-electron chi connectivity index (χ4n) is 0.437. The molecule has 0 N–H and O–H groups in total. The van der Waals surface area contributed by atoms with E-state index in [2.05, 4.69) is 6.92 Å². The standard InChI is InChI=1S/C6H11F2/c1-3-5(7)6(8)4-2/h5-6H,1,3-4H2,2H3. The Labute approximate surface area is 48.9 Å². The van der Waals surface area contributed by atoms with Crippen molar-refractivity contribution >= 4 is 0 Å². The summed E-state index contributed by atoms with van der Waals surface area (Å²) in [5.41, 5.74) is 0. The SMILES string of the molecule is [CH2]CC(F)C(F)CC. The minimum Gasteiger partial charge on any atom is -0.244 e. The van der Waals surface area contributed by atoms with E-state index in [1.54, 1.807) is 6.92 Å². The van der Waals surface area contributed by atoms with Crippen LogP contribution in [0.25, 0.3) is 0 Å². The molecule has 2 unspecified atom stereocenters. The molecule has 0 spiro atoms. The van der Waals surface area contributed by atoms with Crippen molar-refractivity contribution in [3.8, 4) is 0 Å². The number of halogens is 2. The topological polar surface area (TPSA) is 0 Å². The van der Waals surface area contributed by atoms with E-state index in [4.69, 9.17) is 0 Å². The van der Waals surface area contributed by atoms with E-state index in [0.29, 0.717) is 0 Å². The molecular formula is C6H11F2. The molecule has 0 aliphatic carbocycles. The molecule has 0 aromatic rings. The molecule has 0 aromatic carbocycles. The minimum atomic E-state index is -1.36. The lowest BCUT2D eigenvalue weighted by molar-refractivity contribution is 0.164. The van der Waals surface area contributed by atoms with Crippen molar-refractivity contribution in [2.24, 2.45) is 0 Å². The lowest BCUT2D eigenvalue weighted by Crippen LogP contribution is -2.14. The van der Waals surface area contributed by atoms with Gasteiger partial charge in [0.2, 0.25) is 0 Å². The Morgan fingerprint density at radius 3 is 2.00 bits per heavy atom. The molecular weight excluding hydrogens is 110 g/mol. The molecule has 49 valence electrons. The molecule has 0 heterocycles. The van der Waals surface area contributed by atoms with Crippen LogP contribution in [0, 0.1) is 6.92 Å². The maximum absolute atomic E-state index is 12.1. The van der Waals surface area contributed by atoms with E-state index < -0.39 is 12.3 Å². The fourth-order valence-corrected chi connectivity index (χ4v) is 0.437. The molecule has 0 saturated heterocycles. The predicted octanol–water partition coefficient (Wildman–Crippen LogP) is 2.30. The third-order valence-corrected chi connectivity index (χ3v) is 1.06. The summed E-state index contributed by atoms with van der Waals surface area (Å²) in [6.45, 7) is 4.86. The predicted molar refractivity (Wildman–Crippen MR) is 30.1 cm³/mol. The Hall–Kier alpha value is -0.140. The van der Waals surface area contributed by atoms with Crippen LogP contribution < -0.4 is 0 Å². The van der Waals surface area contributed by atoms with Crippen molar-refractivity contribution in [2.75, 3.05) is 0 Å². The highest BCUT2D eigenvalue weighted by Crippen LogP contribution is 2.09. The molecule has 0 fully saturated rings. The molecule has 0 saturated carbocycles. The van der Waals surface area contributed by atoms with E-state index in [9.17, 15) is 8.78 Å². The first-order valence-corrected chi connectivity index (χ1v) is 2.79. The van der Waals surface area contributed by atoms with E-state index in [-0.39, 0.29) is 12.8 Å². The Bertz CT molecular complexity index is 46.5. The van der Waals surface area contributed by atoms with Crippen molar-refractivity contribution in [2.45, 2.75) is 32.1 Å². The van der Waals surface area contributed by atoms with Crippen molar-refractivity contribution in [1.29, 1.82) is 0 Å². The molecule has 8 heavy (non-hydrogen) atoms. The smallest absolute Gasteiger partial charge is 0.131 e. The Morgan fingerprint density at radius 2 is 1.88 bits per heavy atom. The molecule has 0 aromatic heterocycles. The highest BCUT2D eigenvalue weighted by atomic mass is 19.2. The second-order valence-corrected chi connectivity index (χ2v) is 1.73. The Balaban J connectivity index is 3.29.